The van der Waals surface area contributed by atoms with Crippen LogP contribution >= 0.6 is 0 Å². The second kappa shape index (κ2) is 1.87. The normalized spacial score (nSPS) is 14.6. The molecule has 0 bridgehead atoms. The summed E-state index contributed by atoms with van der Waals surface area (Å²) in [5.74, 6) is 0. The number of hydrogen-bond donors (Lipinski definition) is 1. The molecule has 10 heavy (non-hydrogen) atoms. The van der Waals surface area contributed by atoms with E-state index < -0.39 is 0 Å². The van der Waals surface area contributed by atoms with Gasteiger partial charge < -0.3 is 5.73 Å². The average Bonchev–Trinajstić information content (AvgIpc) is 2.27. The summed E-state index contributed by atoms with van der Waals surface area (Å²) < 4.78 is 0. The third kappa shape index (κ3) is 0.711. The highest BCUT2D eigenvalue weighted by Gasteiger charge is 2.07. The molecule has 1 nitrogen and oxygen atoms in total. The van der Waals surface area contributed by atoms with Gasteiger partial charge in [0.25, 0.3) is 0 Å². The lowest BCUT2D eigenvalue weighted by Crippen LogP contribution is -1.94. The first-order valence-electron chi connectivity index (χ1n) is 3.40. The van der Waals surface area contributed by atoms with Gasteiger partial charge in [-0.3, -0.25) is 0 Å². The zero-order chi connectivity index (χ0) is 6.97. The van der Waals surface area contributed by atoms with Crippen molar-refractivity contribution in [2.24, 2.45) is 5.73 Å². The maximum absolute atomic E-state index is 5.65. The van der Waals surface area contributed by atoms with E-state index in [2.05, 4.69) is 12.1 Å². The van der Waals surface area contributed by atoms with E-state index in [0.717, 1.165) is 12.1 Å². The van der Waals surface area contributed by atoms with Crippen molar-refractivity contribution in [1.82, 2.24) is 0 Å². The molecule has 0 fully saturated rings. The first-order valence-corrected chi connectivity index (χ1v) is 3.40. The highest BCUT2D eigenvalue weighted by Crippen LogP contribution is 2.20. The van der Waals surface area contributed by atoms with Crippen molar-refractivity contribution in [1.29, 1.82) is 0 Å². The molecular formula is C9H10N+. The van der Waals surface area contributed by atoms with Gasteiger partial charge >= 0.3 is 1.43 Å². The average molecular weight is 132 g/mol. The number of rotatable bonds is 0. The zero-order valence-electron chi connectivity index (χ0n) is 6.67. The van der Waals surface area contributed by atoms with Crippen molar-refractivity contribution < 1.29 is 1.43 Å². The lowest BCUT2D eigenvalue weighted by molar-refractivity contribution is 1.16. The Hall–Kier alpha value is -1.24. The van der Waals surface area contributed by atoms with Crippen LogP contribution in [0.15, 0.2) is 30.0 Å². The molecule has 0 radical (unpaired) electrons. The van der Waals surface area contributed by atoms with Gasteiger partial charge in [-0.05, 0) is 17.2 Å². The quantitative estimate of drug-likeness (QED) is 0.570. The zero-order valence-corrected chi connectivity index (χ0v) is 5.67. The summed E-state index contributed by atoms with van der Waals surface area (Å²) in [6.45, 7) is 0. The summed E-state index contributed by atoms with van der Waals surface area (Å²) in [6.07, 6.45) is 2.96. The maximum atomic E-state index is 5.65. The molecular weight excluding hydrogens is 122 g/mol. The topological polar surface area (TPSA) is 26.0 Å². The van der Waals surface area contributed by atoms with Crippen molar-refractivity contribution in [3.8, 4) is 0 Å². The Bertz CT molecular complexity index is 291. The van der Waals surface area contributed by atoms with E-state index >= 15 is 0 Å². The summed E-state index contributed by atoms with van der Waals surface area (Å²) in [5, 5.41) is 0. The Balaban J connectivity index is 0.000000605. The SMILES string of the molecule is NC1=Cc2ccccc2C1.[H+]. The molecule has 50 valence electrons. The van der Waals surface area contributed by atoms with E-state index in [9.17, 15) is 0 Å². The maximum Gasteiger partial charge on any atom is 1.00 e. The highest BCUT2D eigenvalue weighted by atomic mass is 14.6. The molecule has 0 amide bonds. The molecule has 0 saturated carbocycles. The van der Waals surface area contributed by atoms with Crippen molar-refractivity contribution in [3.63, 3.8) is 0 Å². The minimum absolute atomic E-state index is 0. The molecule has 0 saturated heterocycles. The predicted octanol–water partition coefficient (Wildman–Crippen LogP) is 1.65. The third-order valence-electron chi connectivity index (χ3n) is 1.79. The van der Waals surface area contributed by atoms with Crippen LogP contribution in [0.5, 0.6) is 0 Å². The van der Waals surface area contributed by atoms with Gasteiger partial charge in [-0.1, -0.05) is 24.3 Å². The van der Waals surface area contributed by atoms with Crippen LogP contribution < -0.4 is 5.73 Å². The summed E-state index contributed by atoms with van der Waals surface area (Å²) in [7, 11) is 0. The summed E-state index contributed by atoms with van der Waals surface area (Å²) in [5.41, 5.74) is 9.24. The Labute approximate surface area is 61.7 Å². The number of hydrogen-bond acceptors (Lipinski definition) is 1. The Kier molecular flexibility index (Phi) is 1.04. The monoisotopic (exact) mass is 132 g/mol. The van der Waals surface area contributed by atoms with Crippen LogP contribution in [0, 0.1) is 0 Å². The Morgan fingerprint density at radius 1 is 1.30 bits per heavy atom. The van der Waals surface area contributed by atoms with Gasteiger partial charge in [0.2, 0.25) is 0 Å². The molecule has 2 N–H and O–H groups in total. The molecule has 1 heteroatoms. The predicted molar refractivity (Wildman–Crippen MR) is 43.4 cm³/mol. The van der Waals surface area contributed by atoms with Crippen LogP contribution in [-0.2, 0) is 6.42 Å². The second-order valence-corrected chi connectivity index (χ2v) is 2.59. The van der Waals surface area contributed by atoms with Gasteiger partial charge in [-0.25, -0.2) is 0 Å². The molecule has 0 heterocycles. The van der Waals surface area contributed by atoms with E-state index in [-0.39, 0.29) is 1.43 Å². The third-order valence-corrected chi connectivity index (χ3v) is 1.79. The Morgan fingerprint density at radius 3 is 2.90 bits per heavy atom. The molecule has 0 aliphatic heterocycles. The van der Waals surface area contributed by atoms with Crippen LogP contribution in [0.2, 0.25) is 0 Å². The molecule has 0 spiro atoms. The van der Waals surface area contributed by atoms with Gasteiger partial charge in [-0.15, -0.1) is 0 Å². The molecule has 2 rings (SSSR count). The van der Waals surface area contributed by atoms with Crippen molar-refractivity contribution in [2.45, 2.75) is 6.42 Å². The first kappa shape index (κ1) is 5.54. The first-order chi connectivity index (χ1) is 4.86. The minimum Gasteiger partial charge on any atom is -0.402 e. The number of fused-ring (bicyclic) bond motifs is 1. The highest BCUT2D eigenvalue weighted by molar-refractivity contribution is 5.62. The smallest absolute Gasteiger partial charge is 0.402 e. The lowest BCUT2D eigenvalue weighted by Gasteiger charge is -1.93. The second-order valence-electron chi connectivity index (χ2n) is 2.59. The van der Waals surface area contributed by atoms with Crippen LogP contribution in [0.4, 0.5) is 0 Å². The van der Waals surface area contributed by atoms with Gasteiger partial charge in [0.15, 0.2) is 0 Å². The number of allylic oxidation sites excluding steroid dienone is 1. The van der Waals surface area contributed by atoms with Crippen LogP contribution in [0.1, 0.15) is 12.6 Å². The van der Waals surface area contributed by atoms with Crippen LogP contribution in [0.3, 0.4) is 0 Å². The van der Waals surface area contributed by atoms with Gasteiger partial charge in [0.1, 0.15) is 0 Å². The van der Waals surface area contributed by atoms with E-state index in [1.54, 1.807) is 0 Å². The van der Waals surface area contributed by atoms with E-state index in [1.807, 2.05) is 18.2 Å². The fraction of sp³-hybridized carbons (Fsp3) is 0.111. The molecule has 1 aliphatic carbocycles. The molecule has 1 aromatic rings. The largest absolute Gasteiger partial charge is 1.00 e. The summed E-state index contributed by atoms with van der Waals surface area (Å²) >= 11 is 0. The number of nitrogens with two attached hydrogens (primary N) is 1. The lowest BCUT2D eigenvalue weighted by atomic mass is 10.1. The van der Waals surface area contributed by atoms with Crippen LogP contribution in [-0.4, -0.2) is 0 Å². The van der Waals surface area contributed by atoms with Gasteiger partial charge in [0, 0.05) is 12.1 Å². The van der Waals surface area contributed by atoms with E-state index in [1.165, 1.54) is 11.1 Å². The molecule has 0 atom stereocenters. The number of benzene rings is 1. The van der Waals surface area contributed by atoms with Gasteiger partial charge in [0.05, 0.1) is 0 Å². The van der Waals surface area contributed by atoms with Crippen LogP contribution in [0.25, 0.3) is 6.08 Å². The Morgan fingerprint density at radius 2 is 2.10 bits per heavy atom. The summed E-state index contributed by atoms with van der Waals surface area (Å²) in [6, 6.07) is 8.29. The summed E-state index contributed by atoms with van der Waals surface area (Å²) in [4.78, 5) is 0. The standard InChI is InChI=1S/C9H9N/c10-9-5-7-3-1-2-4-8(7)6-9/h1-5H,6,10H2/p+1. The van der Waals surface area contributed by atoms with Crippen molar-refractivity contribution >= 4 is 6.08 Å². The minimum atomic E-state index is 0. The van der Waals surface area contributed by atoms with E-state index in [0.29, 0.717) is 0 Å². The van der Waals surface area contributed by atoms with Gasteiger partial charge in [-0.2, -0.15) is 0 Å². The molecule has 0 unspecified atom stereocenters. The fourth-order valence-corrected chi connectivity index (χ4v) is 1.31. The van der Waals surface area contributed by atoms with Crippen molar-refractivity contribution in [3.05, 3.63) is 41.1 Å². The van der Waals surface area contributed by atoms with Crippen molar-refractivity contribution in [2.75, 3.05) is 0 Å². The van der Waals surface area contributed by atoms with E-state index in [4.69, 9.17) is 5.73 Å². The fourth-order valence-electron chi connectivity index (χ4n) is 1.31. The molecule has 0 aromatic heterocycles. The molecule has 1 aliphatic rings. The molecule has 1 aromatic carbocycles.